The monoisotopic (exact) mass is 183 g/mol. The van der Waals surface area contributed by atoms with E-state index in [1.807, 2.05) is 30.5 Å². The summed E-state index contributed by atoms with van der Waals surface area (Å²) in [6.45, 7) is 0. The third kappa shape index (κ3) is 0.939. The number of nitrogens with one attached hydrogen (secondary N) is 1. The Morgan fingerprint density at radius 2 is 2.21 bits per heavy atom. The Labute approximate surface area is 80.2 Å². The minimum Gasteiger partial charge on any atom is -0.279 e. The third-order valence-electron chi connectivity index (χ3n) is 2.13. The van der Waals surface area contributed by atoms with Crippen molar-refractivity contribution in [3.63, 3.8) is 0 Å². The second kappa shape index (κ2) is 2.70. The molecule has 1 aromatic carbocycles. The van der Waals surface area contributed by atoms with Crippen molar-refractivity contribution in [1.29, 1.82) is 0 Å². The van der Waals surface area contributed by atoms with Crippen LogP contribution in [0.3, 0.4) is 0 Å². The summed E-state index contributed by atoms with van der Waals surface area (Å²) in [5.41, 5.74) is 1.02. The van der Waals surface area contributed by atoms with E-state index in [2.05, 4.69) is 21.5 Å². The molecule has 0 amide bonds. The Morgan fingerprint density at radius 3 is 3.07 bits per heavy atom. The Morgan fingerprint density at radius 1 is 1.29 bits per heavy atom. The zero-order valence-electron chi connectivity index (χ0n) is 7.31. The molecule has 14 heavy (non-hydrogen) atoms. The van der Waals surface area contributed by atoms with Crippen molar-refractivity contribution in [3.05, 3.63) is 43.0 Å². The first kappa shape index (κ1) is 7.32. The van der Waals surface area contributed by atoms with Crippen LogP contribution >= 0.6 is 0 Å². The number of aromatic amines is 1. The van der Waals surface area contributed by atoms with Crippen molar-refractivity contribution in [3.8, 4) is 5.82 Å². The molecular weight excluding hydrogens is 176 g/mol. The molecule has 0 saturated heterocycles. The zero-order valence-corrected chi connectivity index (χ0v) is 7.31. The minimum atomic E-state index is 0.832. The van der Waals surface area contributed by atoms with Gasteiger partial charge >= 0.3 is 0 Å². The van der Waals surface area contributed by atoms with Crippen LogP contribution in [-0.2, 0) is 0 Å². The summed E-state index contributed by atoms with van der Waals surface area (Å²) >= 11 is 0. The van der Waals surface area contributed by atoms with E-state index in [0.717, 1.165) is 16.7 Å². The molecule has 2 heterocycles. The number of aromatic nitrogens is 4. The number of rotatable bonds is 1. The SMILES string of the molecule is [c]1nccn1-c1n[nH]c2ccccc12. The second-order valence-electron chi connectivity index (χ2n) is 2.99. The Balaban J connectivity index is 2.33. The van der Waals surface area contributed by atoms with Gasteiger partial charge in [0.25, 0.3) is 0 Å². The number of nitrogens with zero attached hydrogens (tertiary/aromatic N) is 3. The molecule has 3 rings (SSSR count). The van der Waals surface area contributed by atoms with Crippen LogP contribution in [0.25, 0.3) is 16.7 Å². The second-order valence-corrected chi connectivity index (χ2v) is 2.99. The number of benzene rings is 1. The van der Waals surface area contributed by atoms with Gasteiger partial charge in [0, 0.05) is 17.8 Å². The van der Waals surface area contributed by atoms with Crippen molar-refractivity contribution >= 4 is 10.9 Å². The van der Waals surface area contributed by atoms with Crippen LogP contribution in [0.5, 0.6) is 0 Å². The molecular formula is C10H7N4. The molecule has 1 N–H and O–H groups in total. The molecule has 0 saturated carbocycles. The molecule has 3 aromatic rings. The topological polar surface area (TPSA) is 46.5 Å². The quantitative estimate of drug-likeness (QED) is 0.622. The molecule has 0 bridgehead atoms. The smallest absolute Gasteiger partial charge is 0.182 e. The lowest BCUT2D eigenvalue weighted by Crippen LogP contribution is -1.90. The fourth-order valence-corrected chi connectivity index (χ4v) is 1.48. The lowest BCUT2D eigenvalue weighted by Gasteiger charge is -1.94. The standard InChI is InChI=1S/C10H7N4/c1-2-4-9-8(3-1)10(13-12-9)14-6-5-11-7-14/h1-6H,(H,12,13). The highest BCUT2D eigenvalue weighted by molar-refractivity contribution is 5.85. The number of hydrogen-bond donors (Lipinski definition) is 1. The minimum absolute atomic E-state index is 0.832. The summed E-state index contributed by atoms with van der Waals surface area (Å²) < 4.78 is 1.76. The van der Waals surface area contributed by atoms with Crippen LogP contribution in [-0.4, -0.2) is 19.7 Å². The van der Waals surface area contributed by atoms with Crippen LogP contribution in [0, 0.1) is 6.33 Å². The summed E-state index contributed by atoms with van der Waals surface area (Å²) in [5.74, 6) is 0.832. The van der Waals surface area contributed by atoms with E-state index in [-0.39, 0.29) is 0 Å². The van der Waals surface area contributed by atoms with Gasteiger partial charge in [-0.2, -0.15) is 5.10 Å². The lowest BCUT2D eigenvalue weighted by molar-refractivity contribution is 0.958. The normalized spacial score (nSPS) is 10.9. The largest absolute Gasteiger partial charge is 0.279 e. The summed E-state index contributed by atoms with van der Waals surface area (Å²) in [6.07, 6.45) is 6.32. The molecule has 0 fully saturated rings. The first-order valence-corrected chi connectivity index (χ1v) is 4.30. The Kier molecular flexibility index (Phi) is 1.41. The van der Waals surface area contributed by atoms with Crippen molar-refractivity contribution in [2.75, 3.05) is 0 Å². The first-order valence-electron chi connectivity index (χ1n) is 4.30. The van der Waals surface area contributed by atoms with E-state index in [4.69, 9.17) is 0 Å². The van der Waals surface area contributed by atoms with E-state index in [0.29, 0.717) is 0 Å². The van der Waals surface area contributed by atoms with Gasteiger partial charge in [-0.1, -0.05) is 12.1 Å². The molecule has 4 nitrogen and oxygen atoms in total. The van der Waals surface area contributed by atoms with E-state index in [9.17, 15) is 0 Å². The molecule has 0 spiro atoms. The van der Waals surface area contributed by atoms with Gasteiger partial charge in [-0.05, 0) is 12.1 Å². The van der Waals surface area contributed by atoms with Gasteiger partial charge < -0.3 is 0 Å². The molecule has 1 radical (unpaired) electrons. The van der Waals surface area contributed by atoms with Crippen LogP contribution in [0.15, 0.2) is 36.7 Å². The number of para-hydroxylation sites is 1. The fourth-order valence-electron chi connectivity index (χ4n) is 1.48. The molecule has 0 unspecified atom stereocenters. The Hall–Kier alpha value is -2.10. The number of H-pyrrole nitrogens is 1. The average Bonchev–Trinajstić information content (AvgIpc) is 2.85. The average molecular weight is 183 g/mol. The van der Waals surface area contributed by atoms with Gasteiger partial charge in [0.05, 0.1) is 5.52 Å². The zero-order chi connectivity index (χ0) is 9.38. The van der Waals surface area contributed by atoms with Crippen molar-refractivity contribution in [2.45, 2.75) is 0 Å². The van der Waals surface area contributed by atoms with Gasteiger partial charge in [-0.15, -0.1) is 0 Å². The molecule has 2 aromatic heterocycles. The summed E-state index contributed by atoms with van der Waals surface area (Å²) in [4.78, 5) is 3.87. The van der Waals surface area contributed by atoms with Crippen LogP contribution in [0.2, 0.25) is 0 Å². The van der Waals surface area contributed by atoms with Crippen LogP contribution < -0.4 is 0 Å². The summed E-state index contributed by atoms with van der Waals surface area (Å²) in [5, 5.41) is 8.23. The van der Waals surface area contributed by atoms with Crippen molar-refractivity contribution in [1.82, 2.24) is 19.7 Å². The van der Waals surface area contributed by atoms with Crippen molar-refractivity contribution < 1.29 is 0 Å². The fraction of sp³-hybridized carbons (Fsp3) is 0. The van der Waals surface area contributed by atoms with Gasteiger partial charge in [-0.25, -0.2) is 4.98 Å². The molecule has 0 atom stereocenters. The predicted molar refractivity (Wildman–Crippen MR) is 52.1 cm³/mol. The van der Waals surface area contributed by atoms with Gasteiger partial charge in [0.2, 0.25) is 0 Å². The van der Waals surface area contributed by atoms with Gasteiger partial charge in [0.1, 0.15) is 0 Å². The van der Waals surface area contributed by atoms with Crippen molar-refractivity contribution in [2.24, 2.45) is 0 Å². The molecule has 0 aliphatic carbocycles. The number of hydrogen-bond acceptors (Lipinski definition) is 2. The summed E-state index contributed by atoms with van der Waals surface area (Å²) in [6, 6.07) is 7.96. The maximum Gasteiger partial charge on any atom is 0.182 e. The maximum atomic E-state index is 4.20. The predicted octanol–water partition coefficient (Wildman–Crippen LogP) is 1.55. The van der Waals surface area contributed by atoms with Gasteiger partial charge in [-0.3, -0.25) is 9.67 Å². The number of fused-ring (bicyclic) bond motifs is 1. The third-order valence-corrected chi connectivity index (χ3v) is 2.13. The van der Waals surface area contributed by atoms with E-state index in [1.165, 1.54) is 0 Å². The Bertz CT molecular complexity index is 550. The summed E-state index contributed by atoms with van der Waals surface area (Å²) in [7, 11) is 0. The highest BCUT2D eigenvalue weighted by atomic mass is 15.2. The maximum absolute atomic E-state index is 4.20. The van der Waals surface area contributed by atoms with Gasteiger partial charge in [0.15, 0.2) is 12.1 Å². The number of imidazole rings is 1. The highest BCUT2D eigenvalue weighted by Gasteiger charge is 2.05. The highest BCUT2D eigenvalue weighted by Crippen LogP contribution is 2.17. The first-order chi connectivity index (χ1) is 6.95. The van der Waals surface area contributed by atoms with Crippen LogP contribution in [0.1, 0.15) is 0 Å². The molecule has 0 aliphatic rings. The van der Waals surface area contributed by atoms with E-state index < -0.39 is 0 Å². The van der Waals surface area contributed by atoms with Crippen LogP contribution in [0.4, 0.5) is 0 Å². The van der Waals surface area contributed by atoms with E-state index in [1.54, 1.807) is 10.8 Å². The molecule has 67 valence electrons. The molecule has 4 heteroatoms. The molecule has 0 aliphatic heterocycles. The lowest BCUT2D eigenvalue weighted by atomic mass is 10.2. The van der Waals surface area contributed by atoms with E-state index >= 15 is 0 Å².